The smallest absolute Gasteiger partial charge is 0.182 e. The number of fused-ring (bicyclic) bond motifs is 1. The third kappa shape index (κ3) is 1.63. The maximum Gasteiger partial charge on any atom is 0.182 e. The second-order valence-corrected chi connectivity index (χ2v) is 4.03. The molecule has 4 heteroatoms. The van der Waals surface area contributed by atoms with Gasteiger partial charge in [-0.3, -0.25) is 0 Å². The Morgan fingerprint density at radius 2 is 1.94 bits per heavy atom. The summed E-state index contributed by atoms with van der Waals surface area (Å²) in [6.07, 6.45) is 1.78. The first-order chi connectivity index (χ1) is 8.24. The van der Waals surface area contributed by atoms with E-state index in [1.54, 1.807) is 10.7 Å². The fourth-order valence-corrected chi connectivity index (χ4v) is 1.88. The van der Waals surface area contributed by atoms with E-state index >= 15 is 0 Å². The standard InChI is InChI=1S/C13H12N4/c1-9-7-11(14)8-17-13(9)15-12(16-17)10-5-3-2-4-6-10/h2-8H,14H2,1H3. The maximum atomic E-state index is 5.78. The Labute approximate surface area is 98.7 Å². The van der Waals surface area contributed by atoms with Crippen molar-refractivity contribution in [2.24, 2.45) is 0 Å². The van der Waals surface area contributed by atoms with Gasteiger partial charge >= 0.3 is 0 Å². The Morgan fingerprint density at radius 1 is 1.18 bits per heavy atom. The molecule has 0 aliphatic heterocycles. The number of nitrogen functional groups attached to an aromatic ring is 1. The van der Waals surface area contributed by atoms with Crippen molar-refractivity contribution in [3.8, 4) is 11.4 Å². The van der Waals surface area contributed by atoms with Crippen molar-refractivity contribution < 1.29 is 0 Å². The number of nitrogens with two attached hydrogens (primary N) is 1. The molecule has 3 aromatic rings. The molecule has 84 valence electrons. The largest absolute Gasteiger partial charge is 0.397 e. The van der Waals surface area contributed by atoms with Gasteiger partial charge in [0.15, 0.2) is 11.5 Å². The van der Waals surface area contributed by atoms with Crippen LogP contribution in [-0.4, -0.2) is 14.6 Å². The van der Waals surface area contributed by atoms with Crippen molar-refractivity contribution in [3.05, 3.63) is 48.2 Å². The number of hydrogen-bond donors (Lipinski definition) is 1. The van der Waals surface area contributed by atoms with Gasteiger partial charge in [0, 0.05) is 5.56 Å². The van der Waals surface area contributed by atoms with E-state index in [1.165, 1.54) is 0 Å². The average molecular weight is 224 g/mol. The Bertz CT molecular complexity index is 670. The number of hydrogen-bond acceptors (Lipinski definition) is 3. The molecule has 17 heavy (non-hydrogen) atoms. The number of anilines is 1. The summed E-state index contributed by atoms with van der Waals surface area (Å²) >= 11 is 0. The highest BCUT2D eigenvalue weighted by Gasteiger charge is 2.08. The summed E-state index contributed by atoms with van der Waals surface area (Å²) in [5, 5.41) is 4.43. The molecule has 0 saturated heterocycles. The molecule has 1 aromatic carbocycles. The summed E-state index contributed by atoms with van der Waals surface area (Å²) in [6, 6.07) is 11.8. The van der Waals surface area contributed by atoms with Gasteiger partial charge in [-0.15, -0.1) is 5.10 Å². The number of rotatable bonds is 1. The van der Waals surface area contributed by atoms with E-state index in [4.69, 9.17) is 5.73 Å². The molecular weight excluding hydrogens is 212 g/mol. The zero-order valence-corrected chi connectivity index (χ0v) is 9.46. The van der Waals surface area contributed by atoms with Crippen LogP contribution in [0.5, 0.6) is 0 Å². The van der Waals surface area contributed by atoms with Crippen LogP contribution in [0.1, 0.15) is 5.56 Å². The molecule has 0 atom stereocenters. The molecule has 0 aliphatic rings. The van der Waals surface area contributed by atoms with E-state index in [-0.39, 0.29) is 0 Å². The number of aryl methyl sites for hydroxylation is 1. The average Bonchev–Trinajstić information content (AvgIpc) is 2.74. The molecule has 2 heterocycles. The van der Waals surface area contributed by atoms with Crippen LogP contribution in [0, 0.1) is 6.92 Å². The first-order valence-electron chi connectivity index (χ1n) is 5.42. The lowest BCUT2D eigenvalue weighted by Gasteiger charge is -1.97. The molecule has 0 amide bonds. The molecule has 2 N–H and O–H groups in total. The molecule has 0 radical (unpaired) electrons. The SMILES string of the molecule is Cc1cc(N)cn2nc(-c3ccccc3)nc12. The minimum atomic E-state index is 0.694. The van der Waals surface area contributed by atoms with Crippen molar-refractivity contribution in [2.75, 3.05) is 5.73 Å². The summed E-state index contributed by atoms with van der Waals surface area (Å²) in [5.41, 5.74) is 9.36. The molecule has 4 nitrogen and oxygen atoms in total. The normalized spacial score (nSPS) is 10.9. The Morgan fingerprint density at radius 3 is 2.71 bits per heavy atom. The lowest BCUT2D eigenvalue weighted by molar-refractivity contribution is 0.963. The topological polar surface area (TPSA) is 56.2 Å². The molecule has 3 rings (SSSR count). The molecule has 0 fully saturated rings. The van der Waals surface area contributed by atoms with E-state index in [9.17, 15) is 0 Å². The highest BCUT2D eigenvalue weighted by molar-refractivity contribution is 5.61. The van der Waals surface area contributed by atoms with E-state index in [1.807, 2.05) is 43.3 Å². The quantitative estimate of drug-likeness (QED) is 0.690. The number of nitrogens with zero attached hydrogens (tertiary/aromatic N) is 3. The van der Waals surface area contributed by atoms with Crippen LogP contribution in [-0.2, 0) is 0 Å². The number of benzene rings is 1. The molecule has 0 unspecified atom stereocenters. The van der Waals surface area contributed by atoms with Crippen LogP contribution < -0.4 is 5.73 Å². The lowest BCUT2D eigenvalue weighted by Crippen LogP contribution is -1.94. The van der Waals surface area contributed by atoms with Crippen LogP contribution in [0.2, 0.25) is 0 Å². The summed E-state index contributed by atoms with van der Waals surface area (Å²) in [4.78, 5) is 4.52. The second-order valence-electron chi connectivity index (χ2n) is 4.03. The molecule has 2 aromatic heterocycles. The van der Waals surface area contributed by atoms with Crippen molar-refractivity contribution in [2.45, 2.75) is 6.92 Å². The van der Waals surface area contributed by atoms with Gasteiger partial charge in [-0.05, 0) is 18.6 Å². The van der Waals surface area contributed by atoms with E-state index in [0.717, 1.165) is 22.6 Å². The highest BCUT2D eigenvalue weighted by Crippen LogP contribution is 2.18. The Balaban J connectivity index is 2.24. The minimum absolute atomic E-state index is 0.694. The third-order valence-electron chi connectivity index (χ3n) is 2.67. The van der Waals surface area contributed by atoms with Crippen molar-refractivity contribution in [3.63, 3.8) is 0 Å². The predicted molar refractivity (Wildman–Crippen MR) is 67.6 cm³/mol. The van der Waals surface area contributed by atoms with Crippen LogP contribution in [0.15, 0.2) is 42.6 Å². The van der Waals surface area contributed by atoms with Crippen molar-refractivity contribution in [1.29, 1.82) is 0 Å². The molecule has 0 bridgehead atoms. The lowest BCUT2D eigenvalue weighted by atomic mass is 10.2. The fourth-order valence-electron chi connectivity index (χ4n) is 1.88. The van der Waals surface area contributed by atoms with Gasteiger partial charge in [0.25, 0.3) is 0 Å². The summed E-state index contributed by atoms with van der Waals surface area (Å²) in [5.74, 6) is 0.722. The zero-order chi connectivity index (χ0) is 11.8. The summed E-state index contributed by atoms with van der Waals surface area (Å²) in [7, 11) is 0. The van der Waals surface area contributed by atoms with Gasteiger partial charge in [0.2, 0.25) is 0 Å². The summed E-state index contributed by atoms with van der Waals surface area (Å²) < 4.78 is 1.73. The monoisotopic (exact) mass is 224 g/mol. The fraction of sp³-hybridized carbons (Fsp3) is 0.0769. The number of aromatic nitrogens is 3. The molecule has 0 spiro atoms. The molecule has 0 aliphatic carbocycles. The zero-order valence-electron chi connectivity index (χ0n) is 9.46. The van der Waals surface area contributed by atoms with E-state index in [2.05, 4.69) is 10.1 Å². The Hall–Kier alpha value is -2.36. The van der Waals surface area contributed by atoms with Crippen LogP contribution >= 0.6 is 0 Å². The molecule has 0 saturated carbocycles. The van der Waals surface area contributed by atoms with Crippen molar-refractivity contribution >= 4 is 11.3 Å². The van der Waals surface area contributed by atoms with Gasteiger partial charge in [-0.25, -0.2) is 9.50 Å². The van der Waals surface area contributed by atoms with E-state index in [0.29, 0.717) is 5.69 Å². The van der Waals surface area contributed by atoms with Gasteiger partial charge < -0.3 is 5.73 Å². The molecular formula is C13H12N4. The Kier molecular flexibility index (Phi) is 2.08. The van der Waals surface area contributed by atoms with Gasteiger partial charge in [0.05, 0.1) is 11.9 Å². The first-order valence-corrected chi connectivity index (χ1v) is 5.42. The van der Waals surface area contributed by atoms with Crippen LogP contribution in [0.25, 0.3) is 17.0 Å². The van der Waals surface area contributed by atoms with Gasteiger partial charge in [-0.1, -0.05) is 30.3 Å². The minimum Gasteiger partial charge on any atom is -0.397 e. The van der Waals surface area contributed by atoms with Crippen LogP contribution in [0.4, 0.5) is 5.69 Å². The highest BCUT2D eigenvalue weighted by atomic mass is 15.3. The maximum absolute atomic E-state index is 5.78. The number of pyridine rings is 1. The van der Waals surface area contributed by atoms with Crippen LogP contribution in [0.3, 0.4) is 0 Å². The first kappa shape index (κ1) is 9.84. The van der Waals surface area contributed by atoms with Gasteiger partial charge in [0.1, 0.15) is 0 Å². The van der Waals surface area contributed by atoms with Gasteiger partial charge in [-0.2, -0.15) is 0 Å². The summed E-state index contributed by atoms with van der Waals surface area (Å²) in [6.45, 7) is 1.98. The van der Waals surface area contributed by atoms with Crippen molar-refractivity contribution in [1.82, 2.24) is 14.6 Å². The third-order valence-corrected chi connectivity index (χ3v) is 2.67. The second kappa shape index (κ2) is 3.59. The predicted octanol–water partition coefficient (Wildman–Crippen LogP) is 2.29. The van der Waals surface area contributed by atoms with E-state index < -0.39 is 0 Å².